The van der Waals surface area contributed by atoms with Gasteiger partial charge in [-0.05, 0) is 31.0 Å². The molecule has 2 rings (SSSR count). The first-order valence-corrected chi connectivity index (χ1v) is 6.47. The fourth-order valence-corrected chi connectivity index (χ4v) is 2.55. The molecule has 0 aromatic heterocycles. The molecule has 1 aliphatic rings. The summed E-state index contributed by atoms with van der Waals surface area (Å²) >= 11 is 0. The monoisotopic (exact) mass is 234 g/mol. The molecule has 0 bridgehead atoms. The number of phenols is 1. The maximum atomic E-state index is 9.82. The minimum atomic E-state index is -0.00428. The van der Waals surface area contributed by atoms with E-state index in [4.69, 9.17) is 4.74 Å². The number of benzene rings is 1. The quantitative estimate of drug-likeness (QED) is 0.858. The summed E-state index contributed by atoms with van der Waals surface area (Å²) in [5.41, 5.74) is 2.02. The van der Waals surface area contributed by atoms with Crippen molar-refractivity contribution in [2.24, 2.45) is 0 Å². The number of ether oxygens (including phenoxy) is 1. The molecule has 0 saturated carbocycles. The van der Waals surface area contributed by atoms with E-state index in [2.05, 4.69) is 20.8 Å². The van der Waals surface area contributed by atoms with Crippen molar-refractivity contribution >= 4 is 0 Å². The number of hydrogen-bond acceptors (Lipinski definition) is 2. The SMILES string of the molecule is CCCCC1Oc2cc(C)c(O)cc2C1(C)C. The largest absolute Gasteiger partial charge is 0.508 e. The highest BCUT2D eigenvalue weighted by molar-refractivity contribution is 5.51. The normalized spacial score (nSPS) is 21.1. The number of fused-ring (bicyclic) bond motifs is 1. The van der Waals surface area contributed by atoms with E-state index in [0.717, 1.165) is 23.3 Å². The van der Waals surface area contributed by atoms with Gasteiger partial charge in [-0.3, -0.25) is 0 Å². The van der Waals surface area contributed by atoms with Crippen LogP contribution in [0, 0.1) is 6.92 Å². The van der Waals surface area contributed by atoms with Crippen molar-refractivity contribution < 1.29 is 9.84 Å². The molecule has 94 valence electrons. The molecular weight excluding hydrogens is 212 g/mol. The van der Waals surface area contributed by atoms with E-state index < -0.39 is 0 Å². The molecule has 0 saturated heterocycles. The van der Waals surface area contributed by atoms with Crippen LogP contribution in [0.3, 0.4) is 0 Å². The maximum Gasteiger partial charge on any atom is 0.124 e. The molecule has 1 aliphatic heterocycles. The van der Waals surface area contributed by atoms with Gasteiger partial charge in [0, 0.05) is 11.0 Å². The zero-order valence-corrected chi connectivity index (χ0v) is 11.2. The van der Waals surface area contributed by atoms with Crippen molar-refractivity contribution in [3.05, 3.63) is 23.3 Å². The van der Waals surface area contributed by atoms with E-state index in [1.807, 2.05) is 19.1 Å². The van der Waals surface area contributed by atoms with E-state index >= 15 is 0 Å². The highest BCUT2D eigenvalue weighted by Crippen LogP contribution is 2.46. The standard InChI is InChI=1S/C15H22O2/c1-5-6-7-14-15(3,4)11-9-12(16)10(2)8-13(11)17-14/h8-9,14,16H,5-7H2,1-4H3. The van der Waals surface area contributed by atoms with Gasteiger partial charge in [0.05, 0.1) is 0 Å². The Hall–Kier alpha value is -1.18. The van der Waals surface area contributed by atoms with Gasteiger partial charge in [0.2, 0.25) is 0 Å². The molecule has 1 aromatic carbocycles. The van der Waals surface area contributed by atoms with Crippen molar-refractivity contribution in [3.63, 3.8) is 0 Å². The van der Waals surface area contributed by atoms with Crippen LogP contribution in [0.4, 0.5) is 0 Å². The van der Waals surface area contributed by atoms with Crippen LogP contribution in [-0.4, -0.2) is 11.2 Å². The third kappa shape index (κ3) is 2.01. The molecule has 0 aliphatic carbocycles. The summed E-state index contributed by atoms with van der Waals surface area (Å²) in [6.07, 6.45) is 3.69. The molecule has 1 aromatic rings. The van der Waals surface area contributed by atoms with Crippen molar-refractivity contribution in [1.82, 2.24) is 0 Å². The number of aromatic hydroxyl groups is 1. The van der Waals surface area contributed by atoms with Gasteiger partial charge >= 0.3 is 0 Å². The summed E-state index contributed by atoms with van der Waals surface area (Å²) in [4.78, 5) is 0. The van der Waals surface area contributed by atoms with Crippen LogP contribution < -0.4 is 4.74 Å². The number of hydrogen-bond donors (Lipinski definition) is 1. The molecule has 1 N–H and O–H groups in total. The molecule has 0 radical (unpaired) electrons. The van der Waals surface area contributed by atoms with Crippen LogP contribution in [0.5, 0.6) is 11.5 Å². The Morgan fingerprint density at radius 2 is 2.06 bits per heavy atom. The van der Waals surface area contributed by atoms with E-state index in [0.29, 0.717) is 5.75 Å². The molecule has 1 unspecified atom stereocenters. The highest BCUT2D eigenvalue weighted by atomic mass is 16.5. The second-order valence-electron chi connectivity index (χ2n) is 5.61. The molecule has 2 heteroatoms. The van der Waals surface area contributed by atoms with Crippen LogP contribution in [0.15, 0.2) is 12.1 Å². The maximum absolute atomic E-state index is 9.82. The number of unbranched alkanes of at least 4 members (excludes halogenated alkanes) is 1. The summed E-state index contributed by atoms with van der Waals surface area (Å²) < 4.78 is 6.05. The molecule has 17 heavy (non-hydrogen) atoms. The summed E-state index contributed by atoms with van der Waals surface area (Å²) in [5.74, 6) is 1.32. The average Bonchev–Trinajstić information content (AvgIpc) is 2.49. The van der Waals surface area contributed by atoms with Gasteiger partial charge in [0.15, 0.2) is 0 Å². The summed E-state index contributed by atoms with van der Waals surface area (Å²) in [6, 6.07) is 3.83. The van der Waals surface area contributed by atoms with Crippen LogP contribution in [0.1, 0.15) is 51.2 Å². The van der Waals surface area contributed by atoms with E-state index in [1.165, 1.54) is 12.8 Å². The van der Waals surface area contributed by atoms with Crippen molar-refractivity contribution in [2.45, 2.75) is 58.5 Å². The molecular formula is C15H22O2. The first-order valence-electron chi connectivity index (χ1n) is 6.47. The first-order chi connectivity index (χ1) is 7.96. The predicted molar refractivity (Wildman–Crippen MR) is 69.8 cm³/mol. The second-order valence-corrected chi connectivity index (χ2v) is 5.61. The Bertz CT molecular complexity index is 421. The van der Waals surface area contributed by atoms with Crippen LogP contribution in [-0.2, 0) is 5.41 Å². The molecule has 0 amide bonds. The minimum absolute atomic E-state index is 0.00428. The van der Waals surface area contributed by atoms with Gasteiger partial charge in [-0.1, -0.05) is 33.6 Å². The topological polar surface area (TPSA) is 29.5 Å². The third-order valence-electron chi connectivity index (χ3n) is 3.89. The zero-order chi connectivity index (χ0) is 12.6. The molecule has 1 atom stereocenters. The average molecular weight is 234 g/mol. The highest BCUT2D eigenvalue weighted by Gasteiger charge is 2.41. The molecule has 2 nitrogen and oxygen atoms in total. The Morgan fingerprint density at radius 3 is 2.71 bits per heavy atom. The lowest BCUT2D eigenvalue weighted by atomic mass is 9.79. The second kappa shape index (κ2) is 4.25. The van der Waals surface area contributed by atoms with Gasteiger partial charge in [-0.15, -0.1) is 0 Å². The molecule has 0 spiro atoms. The summed E-state index contributed by atoms with van der Waals surface area (Å²) in [5, 5.41) is 9.82. The van der Waals surface area contributed by atoms with E-state index in [-0.39, 0.29) is 11.5 Å². The van der Waals surface area contributed by atoms with Gasteiger partial charge in [-0.2, -0.15) is 0 Å². The minimum Gasteiger partial charge on any atom is -0.508 e. The van der Waals surface area contributed by atoms with Crippen molar-refractivity contribution in [3.8, 4) is 11.5 Å². The zero-order valence-electron chi connectivity index (χ0n) is 11.2. The molecule has 1 heterocycles. The first kappa shape index (κ1) is 12.3. The van der Waals surface area contributed by atoms with Gasteiger partial charge in [-0.25, -0.2) is 0 Å². The fraction of sp³-hybridized carbons (Fsp3) is 0.600. The number of rotatable bonds is 3. The number of aryl methyl sites for hydroxylation is 1. The summed E-state index contributed by atoms with van der Waals surface area (Å²) in [7, 11) is 0. The lowest BCUT2D eigenvalue weighted by Crippen LogP contribution is -2.32. The fourth-order valence-electron chi connectivity index (χ4n) is 2.55. The number of phenolic OH excluding ortho intramolecular Hbond substituents is 1. The van der Waals surface area contributed by atoms with Crippen molar-refractivity contribution in [2.75, 3.05) is 0 Å². The van der Waals surface area contributed by atoms with Crippen LogP contribution >= 0.6 is 0 Å². The van der Waals surface area contributed by atoms with Crippen LogP contribution in [0.25, 0.3) is 0 Å². The smallest absolute Gasteiger partial charge is 0.124 e. The lowest BCUT2D eigenvalue weighted by molar-refractivity contribution is 0.152. The van der Waals surface area contributed by atoms with Gasteiger partial charge in [0.25, 0.3) is 0 Å². The lowest BCUT2D eigenvalue weighted by Gasteiger charge is -2.25. The Balaban J connectivity index is 2.33. The van der Waals surface area contributed by atoms with Gasteiger partial charge < -0.3 is 9.84 Å². The van der Waals surface area contributed by atoms with Gasteiger partial charge in [0.1, 0.15) is 17.6 Å². The predicted octanol–water partition coefficient (Wildman–Crippen LogP) is 3.93. The molecule has 0 fully saturated rings. The van der Waals surface area contributed by atoms with Crippen LogP contribution in [0.2, 0.25) is 0 Å². The summed E-state index contributed by atoms with van der Waals surface area (Å²) in [6.45, 7) is 8.51. The van der Waals surface area contributed by atoms with Crippen molar-refractivity contribution in [1.29, 1.82) is 0 Å². The Kier molecular flexibility index (Phi) is 3.07. The van der Waals surface area contributed by atoms with E-state index in [1.54, 1.807) is 0 Å². The Labute approximate surface area is 104 Å². The van der Waals surface area contributed by atoms with E-state index in [9.17, 15) is 5.11 Å². The Morgan fingerprint density at radius 1 is 1.35 bits per heavy atom. The third-order valence-corrected chi connectivity index (χ3v) is 3.89.